The average molecular weight is 347 g/mol. The van der Waals surface area contributed by atoms with Crippen molar-refractivity contribution in [1.29, 1.82) is 0 Å². The average Bonchev–Trinajstić information content (AvgIpc) is 3.04. The number of anilines is 1. The number of sulfonamides is 1. The summed E-state index contributed by atoms with van der Waals surface area (Å²) in [7, 11) is -2.20. The van der Waals surface area contributed by atoms with Crippen LogP contribution in [-0.2, 0) is 19.6 Å². The third-order valence-electron chi connectivity index (χ3n) is 3.28. The quantitative estimate of drug-likeness (QED) is 0.632. The molecule has 0 saturated carbocycles. The van der Waals surface area contributed by atoms with Gasteiger partial charge in [-0.1, -0.05) is 18.2 Å². The molecule has 0 unspecified atom stereocenters. The van der Waals surface area contributed by atoms with Gasteiger partial charge in [0.15, 0.2) is 5.76 Å². The number of ether oxygens (including phenoxy) is 1. The van der Waals surface area contributed by atoms with Gasteiger partial charge in [-0.05, 0) is 29.7 Å². The van der Waals surface area contributed by atoms with Gasteiger partial charge in [0.2, 0.25) is 0 Å². The van der Waals surface area contributed by atoms with E-state index in [0.29, 0.717) is 11.3 Å². The molecule has 0 fully saturated rings. The highest BCUT2D eigenvalue weighted by atomic mass is 32.2. The lowest BCUT2D eigenvalue weighted by atomic mass is 10.1. The fourth-order valence-electron chi connectivity index (χ4n) is 2.13. The number of carbonyl (C=O) groups is 1. The number of nitrogens with zero attached hydrogens (tertiary/aromatic N) is 1. The molecule has 0 radical (unpaired) electrons. The zero-order valence-corrected chi connectivity index (χ0v) is 13.8. The zero-order valence-electron chi connectivity index (χ0n) is 12.2. The van der Waals surface area contributed by atoms with Gasteiger partial charge >= 0.3 is 5.97 Å². The molecule has 2 heterocycles. The van der Waals surface area contributed by atoms with E-state index in [4.69, 9.17) is 4.74 Å². The molecular weight excluding hydrogens is 334 g/mol. The molecule has 2 aromatic rings. The van der Waals surface area contributed by atoms with Crippen LogP contribution in [0.2, 0.25) is 0 Å². The molecule has 0 spiro atoms. The number of thiophene rings is 1. The van der Waals surface area contributed by atoms with Crippen molar-refractivity contribution in [2.75, 3.05) is 11.4 Å². The normalized spacial score (nSPS) is 16.0. The second kappa shape index (κ2) is 6.02. The molecule has 0 atom stereocenters. The molecule has 1 aromatic carbocycles. The van der Waals surface area contributed by atoms with Crippen LogP contribution in [0.25, 0.3) is 11.8 Å². The van der Waals surface area contributed by atoms with E-state index in [2.05, 4.69) is 0 Å². The van der Waals surface area contributed by atoms with E-state index in [0.717, 1.165) is 14.6 Å². The zero-order chi connectivity index (χ0) is 16.4. The van der Waals surface area contributed by atoms with E-state index in [-0.39, 0.29) is 5.76 Å². The predicted octanol–water partition coefficient (Wildman–Crippen LogP) is 3.08. The smallest absolute Gasteiger partial charge is 0.336 e. The van der Waals surface area contributed by atoms with Gasteiger partial charge in [-0.15, -0.1) is 11.3 Å². The third kappa shape index (κ3) is 3.20. The lowest BCUT2D eigenvalue weighted by molar-refractivity contribution is -0.131. The Morgan fingerprint density at radius 3 is 2.74 bits per heavy atom. The molecule has 0 amide bonds. The summed E-state index contributed by atoms with van der Waals surface area (Å²) in [5.74, 6) is -0.598. The van der Waals surface area contributed by atoms with Crippen molar-refractivity contribution in [2.24, 2.45) is 0 Å². The minimum absolute atomic E-state index is 0.0273. The molecule has 1 aliphatic heterocycles. The predicted molar refractivity (Wildman–Crippen MR) is 91.2 cm³/mol. The molecule has 0 saturated heterocycles. The molecule has 1 aliphatic rings. The Labute approximate surface area is 138 Å². The van der Waals surface area contributed by atoms with E-state index in [1.54, 1.807) is 30.3 Å². The Balaban J connectivity index is 1.88. The van der Waals surface area contributed by atoms with Crippen molar-refractivity contribution >= 4 is 44.9 Å². The largest absolute Gasteiger partial charge is 0.422 e. The number of hydrogen-bond donors (Lipinski definition) is 0. The van der Waals surface area contributed by atoms with E-state index >= 15 is 0 Å². The van der Waals surface area contributed by atoms with Gasteiger partial charge in [0.1, 0.15) is 0 Å². The summed E-state index contributed by atoms with van der Waals surface area (Å²) in [6.07, 6.45) is 2.91. The van der Waals surface area contributed by atoms with Gasteiger partial charge in [-0.25, -0.2) is 13.2 Å². The Bertz CT molecular complexity index is 896. The third-order valence-corrected chi connectivity index (χ3v) is 5.59. The van der Waals surface area contributed by atoms with E-state index in [9.17, 15) is 13.2 Å². The fourth-order valence-corrected chi connectivity index (χ4v) is 3.78. The molecule has 7 heteroatoms. The van der Waals surface area contributed by atoms with Crippen LogP contribution < -0.4 is 4.31 Å². The van der Waals surface area contributed by atoms with Crippen LogP contribution in [-0.4, -0.2) is 21.4 Å². The van der Waals surface area contributed by atoms with Gasteiger partial charge in [0.25, 0.3) is 10.0 Å². The summed E-state index contributed by atoms with van der Waals surface area (Å²) in [6.45, 7) is 0. The summed E-state index contributed by atoms with van der Waals surface area (Å²) < 4.78 is 30.6. The first kappa shape index (κ1) is 15.5. The van der Waals surface area contributed by atoms with Crippen LogP contribution in [0, 0.1) is 0 Å². The minimum atomic E-state index is -3.66. The summed E-state index contributed by atoms with van der Waals surface area (Å²) >= 11 is 1.49. The number of para-hydroxylation sites is 1. The standard InChI is InChI=1S/C16H13NO4S2/c1-17-14-7-3-2-6-13(14)15(11-23(17,19)20)21-16(18)9-8-12-5-4-10-22-12/h2-11H,1H3/b9-8+. The van der Waals surface area contributed by atoms with Crippen molar-refractivity contribution in [1.82, 2.24) is 0 Å². The maximum atomic E-state index is 12.1. The molecule has 5 nitrogen and oxygen atoms in total. The van der Waals surface area contributed by atoms with Crippen LogP contribution in [0.1, 0.15) is 10.4 Å². The van der Waals surface area contributed by atoms with Crippen molar-refractivity contribution < 1.29 is 17.9 Å². The minimum Gasteiger partial charge on any atom is -0.422 e. The fraction of sp³-hybridized carbons (Fsp3) is 0.0625. The summed E-state index contributed by atoms with van der Waals surface area (Å²) in [5, 5.41) is 2.86. The van der Waals surface area contributed by atoms with Crippen LogP contribution >= 0.6 is 11.3 Å². The molecule has 1 aromatic heterocycles. The molecular formula is C16H13NO4S2. The van der Waals surface area contributed by atoms with Crippen LogP contribution in [0.3, 0.4) is 0 Å². The van der Waals surface area contributed by atoms with Crippen molar-refractivity contribution in [3.63, 3.8) is 0 Å². The molecule has 0 N–H and O–H groups in total. The van der Waals surface area contributed by atoms with Crippen molar-refractivity contribution in [3.8, 4) is 0 Å². The first-order valence-electron chi connectivity index (χ1n) is 6.71. The highest BCUT2D eigenvalue weighted by molar-refractivity contribution is 7.95. The summed E-state index contributed by atoms with van der Waals surface area (Å²) in [5.41, 5.74) is 1.03. The van der Waals surface area contributed by atoms with Gasteiger partial charge in [0.05, 0.1) is 11.1 Å². The highest BCUT2D eigenvalue weighted by Crippen LogP contribution is 2.34. The SMILES string of the molecule is CN1c2ccccc2C(OC(=O)/C=C/c2cccs2)=CS1(=O)=O. The Kier molecular flexibility index (Phi) is 4.06. The Morgan fingerprint density at radius 2 is 2.00 bits per heavy atom. The molecule has 118 valence electrons. The van der Waals surface area contributed by atoms with Gasteiger partial charge in [0, 0.05) is 23.6 Å². The maximum absolute atomic E-state index is 12.1. The van der Waals surface area contributed by atoms with E-state index in [1.165, 1.54) is 24.5 Å². The Morgan fingerprint density at radius 1 is 1.22 bits per heavy atom. The van der Waals surface area contributed by atoms with Crippen LogP contribution in [0.15, 0.2) is 53.3 Å². The van der Waals surface area contributed by atoms with E-state index in [1.807, 2.05) is 17.5 Å². The number of benzene rings is 1. The first-order chi connectivity index (χ1) is 11.0. The van der Waals surface area contributed by atoms with Crippen LogP contribution in [0.4, 0.5) is 5.69 Å². The number of rotatable bonds is 3. The van der Waals surface area contributed by atoms with Gasteiger partial charge < -0.3 is 4.74 Å². The number of hydrogen-bond acceptors (Lipinski definition) is 5. The molecule has 3 rings (SSSR count). The summed E-state index contributed by atoms with van der Waals surface area (Å²) in [6, 6.07) is 10.6. The van der Waals surface area contributed by atoms with Crippen molar-refractivity contribution in [3.05, 3.63) is 63.7 Å². The maximum Gasteiger partial charge on any atom is 0.336 e. The first-order valence-corrected chi connectivity index (χ1v) is 9.09. The Hall–Kier alpha value is -2.38. The van der Waals surface area contributed by atoms with E-state index < -0.39 is 16.0 Å². The van der Waals surface area contributed by atoms with Crippen molar-refractivity contribution in [2.45, 2.75) is 0 Å². The highest BCUT2D eigenvalue weighted by Gasteiger charge is 2.28. The topological polar surface area (TPSA) is 63.7 Å². The second-order valence-corrected chi connectivity index (χ2v) is 7.57. The lowest BCUT2D eigenvalue weighted by Crippen LogP contribution is -2.28. The van der Waals surface area contributed by atoms with Gasteiger partial charge in [-0.2, -0.15) is 0 Å². The number of esters is 1. The molecule has 0 aliphatic carbocycles. The monoisotopic (exact) mass is 347 g/mol. The number of carbonyl (C=O) groups excluding carboxylic acids is 1. The second-order valence-electron chi connectivity index (χ2n) is 4.78. The lowest BCUT2D eigenvalue weighted by Gasteiger charge is -2.25. The van der Waals surface area contributed by atoms with Gasteiger partial charge in [-0.3, -0.25) is 4.31 Å². The summed E-state index contributed by atoms with van der Waals surface area (Å²) in [4.78, 5) is 12.9. The number of fused-ring (bicyclic) bond motifs is 1. The molecule has 0 bridgehead atoms. The van der Waals surface area contributed by atoms with Crippen LogP contribution in [0.5, 0.6) is 0 Å². The molecule has 23 heavy (non-hydrogen) atoms.